The van der Waals surface area contributed by atoms with Crippen molar-refractivity contribution in [3.8, 4) is 0 Å². The van der Waals surface area contributed by atoms with Gasteiger partial charge in [-0.2, -0.15) is 0 Å². The average Bonchev–Trinajstić information content (AvgIpc) is 2.38. The van der Waals surface area contributed by atoms with E-state index >= 15 is 0 Å². The molecule has 1 aromatic heterocycles. The average molecular weight is 292 g/mol. The van der Waals surface area contributed by atoms with Gasteiger partial charge >= 0.3 is 0 Å². The molecule has 0 amide bonds. The van der Waals surface area contributed by atoms with Gasteiger partial charge in [-0.15, -0.1) is 0 Å². The quantitative estimate of drug-likeness (QED) is 0.849. The SMILES string of the molecule is Cc1cccnc1CNc1ccc(Cl)cc1C(N)=S. The number of hydrogen-bond acceptors (Lipinski definition) is 3. The van der Waals surface area contributed by atoms with Crippen molar-refractivity contribution < 1.29 is 0 Å². The minimum absolute atomic E-state index is 0.322. The first-order valence-corrected chi connectivity index (χ1v) is 6.60. The largest absolute Gasteiger partial charge is 0.389 e. The molecule has 1 heterocycles. The molecule has 2 rings (SSSR count). The zero-order chi connectivity index (χ0) is 13.8. The molecular weight excluding hydrogens is 278 g/mol. The molecule has 3 nitrogen and oxygen atoms in total. The minimum Gasteiger partial charge on any atom is -0.389 e. The molecular formula is C14H14ClN3S. The van der Waals surface area contributed by atoms with Gasteiger partial charge in [0.25, 0.3) is 0 Å². The van der Waals surface area contributed by atoms with Crippen LogP contribution < -0.4 is 11.1 Å². The van der Waals surface area contributed by atoms with Crippen molar-refractivity contribution in [1.82, 2.24) is 4.98 Å². The summed E-state index contributed by atoms with van der Waals surface area (Å²) in [7, 11) is 0. The van der Waals surface area contributed by atoms with E-state index in [9.17, 15) is 0 Å². The summed E-state index contributed by atoms with van der Waals surface area (Å²) < 4.78 is 0. The fraction of sp³-hybridized carbons (Fsp3) is 0.143. The Morgan fingerprint density at radius 3 is 2.89 bits per heavy atom. The highest BCUT2D eigenvalue weighted by atomic mass is 35.5. The van der Waals surface area contributed by atoms with Crippen LogP contribution in [0.5, 0.6) is 0 Å². The van der Waals surface area contributed by atoms with Crippen LogP contribution in [0, 0.1) is 6.92 Å². The maximum Gasteiger partial charge on any atom is 0.106 e. The summed E-state index contributed by atoms with van der Waals surface area (Å²) >= 11 is 11.0. The molecule has 0 aliphatic rings. The molecule has 0 radical (unpaired) electrons. The predicted molar refractivity (Wildman–Crippen MR) is 83.6 cm³/mol. The van der Waals surface area contributed by atoms with E-state index in [0.29, 0.717) is 16.6 Å². The first-order chi connectivity index (χ1) is 9.08. The Morgan fingerprint density at radius 2 is 2.21 bits per heavy atom. The summed E-state index contributed by atoms with van der Waals surface area (Å²) in [6.45, 7) is 2.64. The van der Waals surface area contributed by atoms with Crippen LogP contribution in [0.2, 0.25) is 5.02 Å². The second-order valence-electron chi connectivity index (χ2n) is 4.17. The van der Waals surface area contributed by atoms with Gasteiger partial charge in [-0.25, -0.2) is 0 Å². The van der Waals surface area contributed by atoms with Crippen molar-refractivity contribution in [1.29, 1.82) is 0 Å². The molecule has 98 valence electrons. The number of anilines is 1. The van der Waals surface area contributed by atoms with Crippen molar-refractivity contribution >= 4 is 34.5 Å². The zero-order valence-electron chi connectivity index (χ0n) is 10.5. The Labute approximate surface area is 122 Å². The topological polar surface area (TPSA) is 50.9 Å². The summed E-state index contributed by atoms with van der Waals surface area (Å²) in [6.07, 6.45) is 1.78. The molecule has 0 saturated carbocycles. The van der Waals surface area contributed by atoms with Gasteiger partial charge in [0.1, 0.15) is 4.99 Å². The Balaban J connectivity index is 2.20. The maximum absolute atomic E-state index is 5.95. The van der Waals surface area contributed by atoms with Crippen molar-refractivity contribution in [2.45, 2.75) is 13.5 Å². The monoisotopic (exact) mass is 291 g/mol. The lowest BCUT2D eigenvalue weighted by Crippen LogP contribution is -2.13. The third-order valence-corrected chi connectivity index (χ3v) is 3.27. The highest BCUT2D eigenvalue weighted by Crippen LogP contribution is 2.21. The number of nitrogens with one attached hydrogen (secondary N) is 1. The minimum atomic E-state index is 0.322. The van der Waals surface area contributed by atoms with Crippen LogP contribution in [0.15, 0.2) is 36.5 Å². The van der Waals surface area contributed by atoms with Crippen LogP contribution >= 0.6 is 23.8 Å². The highest BCUT2D eigenvalue weighted by molar-refractivity contribution is 7.80. The second-order valence-corrected chi connectivity index (χ2v) is 5.05. The molecule has 0 atom stereocenters. The van der Waals surface area contributed by atoms with E-state index < -0.39 is 0 Å². The Hall–Kier alpha value is -1.65. The van der Waals surface area contributed by atoms with Crippen LogP contribution in [0.1, 0.15) is 16.8 Å². The normalized spacial score (nSPS) is 10.2. The molecule has 0 saturated heterocycles. The molecule has 0 spiro atoms. The van der Waals surface area contributed by atoms with Gasteiger partial charge in [0.15, 0.2) is 0 Å². The molecule has 0 aliphatic carbocycles. The first kappa shape index (κ1) is 13.8. The van der Waals surface area contributed by atoms with E-state index in [1.54, 1.807) is 18.3 Å². The molecule has 3 N–H and O–H groups in total. The fourth-order valence-corrected chi connectivity index (χ4v) is 2.10. The lowest BCUT2D eigenvalue weighted by atomic mass is 10.1. The van der Waals surface area contributed by atoms with E-state index in [1.165, 1.54) is 0 Å². The van der Waals surface area contributed by atoms with Gasteiger partial charge < -0.3 is 11.1 Å². The number of benzene rings is 1. The van der Waals surface area contributed by atoms with E-state index in [1.807, 2.05) is 25.1 Å². The molecule has 0 aliphatic heterocycles. The molecule has 19 heavy (non-hydrogen) atoms. The molecule has 0 fully saturated rings. The maximum atomic E-state index is 5.95. The number of nitrogens with zero attached hydrogens (tertiary/aromatic N) is 1. The molecule has 0 bridgehead atoms. The molecule has 1 aromatic carbocycles. The van der Waals surface area contributed by atoms with Gasteiger partial charge in [-0.05, 0) is 36.8 Å². The lowest BCUT2D eigenvalue weighted by molar-refractivity contribution is 1.02. The number of nitrogens with two attached hydrogens (primary N) is 1. The number of aryl methyl sites for hydroxylation is 1. The number of halogens is 1. The molecule has 0 unspecified atom stereocenters. The summed E-state index contributed by atoms with van der Waals surface area (Å²) in [4.78, 5) is 4.65. The summed E-state index contributed by atoms with van der Waals surface area (Å²) in [6, 6.07) is 9.38. The van der Waals surface area contributed by atoms with Gasteiger partial charge in [-0.1, -0.05) is 29.9 Å². The second kappa shape index (κ2) is 5.99. The number of hydrogen-bond donors (Lipinski definition) is 2. The standard InChI is InChI=1S/C14H14ClN3S/c1-9-3-2-6-17-13(9)8-18-12-5-4-10(15)7-11(12)14(16)19/h2-7,18H,8H2,1H3,(H2,16,19). The van der Waals surface area contributed by atoms with Crippen molar-refractivity contribution in [3.05, 3.63) is 58.4 Å². The van der Waals surface area contributed by atoms with E-state index in [4.69, 9.17) is 29.6 Å². The highest BCUT2D eigenvalue weighted by Gasteiger charge is 2.07. The number of rotatable bonds is 4. The Kier molecular flexibility index (Phi) is 4.35. The summed E-state index contributed by atoms with van der Waals surface area (Å²) in [5, 5.41) is 3.90. The Morgan fingerprint density at radius 1 is 1.42 bits per heavy atom. The third-order valence-electron chi connectivity index (χ3n) is 2.81. The first-order valence-electron chi connectivity index (χ1n) is 5.81. The lowest BCUT2D eigenvalue weighted by Gasteiger charge is -2.12. The van der Waals surface area contributed by atoms with Crippen LogP contribution in [0.4, 0.5) is 5.69 Å². The third kappa shape index (κ3) is 3.43. The van der Waals surface area contributed by atoms with Crippen molar-refractivity contribution in [2.75, 3.05) is 5.32 Å². The van der Waals surface area contributed by atoms with Gasteiger partial charge in [0, 0.05) is 22.5 Å². The molecule has 5 heteroatoms. The van der Waals surface area contributed by atoms with Crippen molar-refractivity contribution in [2.24, 2.45) is 5.73 Å². The van der Waals surface area contributed by atoms with Gasteiger partial charge in [0.2, 0.25) is 0 Å². The number of thiocarbonyl (C=S) groups is 1. The smallest absolute Gasteiger partial charge is 0.106 e. The van der Waals surface area contributed by atoms with Gasteiger partial charge in [-0.3, -0.25) is 4.98 Å². The Bertz CT molecular complexity index is 613. The van der Waals surface area contributed by atoms with Crippen molar-refractivity contribution in [3.63, 3.8) is 0 Å². The van der Waals surface area contributed by atoms with E-state index in [0.717, 1.165) is 22.5 Å². The summed E-state index contributed by atoms with van der Waals surface area (Å²) in [5.74, 6) is 0. The zero-order valence-corrected chi connectivity index (χ0v) is 12.1. The van der Waals surface area contributed by atoms with Crippen LogP contribution in [0.3, 0.4) is 0 Å². The van der Waals surface area contributed by atoms with E-state index in [2.05, 4.69) is 10.3 Å². The van der Waals surface area contributed by atoms with Crippen LogP contribution in [0.25, 0.3) is 0 Å². The predicted octanol–water partition coefficient (Wildman–Crippen LogP) is 3.29. The number of aromatic nitrogens is 1. The van der Waals surface area contributed by atoms with E-state index in [-0.39, 0.29) is 0 Å². The fourth-order valence-electron chi connectivity index (χ4n) is 1.76. The number of pyridine rings is 1. The van der Waals surface area contributed by atoms with Crippen LogP contribution in [-0.2, 0) is 6.54 Å². The van der Waals surface area contributed by atoms with Gasteiger partial charge in [0.05, 0.1) is 12.2 Å². The summed E-state index contributed by atoms with van der Waals surface area (Å²) in [5.41, 5.74) is 9.44. The molecule has 2 aromatic rings. The van der Waals surface area contributed by atoms with Crippen LogP contribution in [-0.4, -0.2) is 9.97 Å².